The highest BCUT2D eigenvalue weighted by molar-refractivity contribution is 9.10. The van der Waals surface area contributed by atoms with Gasteiger partial charge in [-0.05, 0) is 53.4 Å². The summed E-state index contributed by atoms with van der Waals surface area (Å²) in [5, 5.41) is 3.54. The summed E-state index contributed by atoms with van der Waals surface area (Å²) in [6, 6.07) is 4.23. The highest BCUT2D eigenvalue weighted by Crippen LogP contribution is 2.28. The van der Waals surface area contributed by atoms with Crippen molar-refractivity contribution in [1.82, 2.24) is 5.32 Å². The molecule has 1 aromatic heterocycles. The van der Waals surface area contributed by atoms with Gasteiger partial charge in [-0.3, -0.25) is 0 Å². The van der Waals surface area contributed by atoms with Crippen molar-refractivity contribution in [2.75, 3.05) is 20.3 Å². The van der Waals surface area contributed by atoms with E-state index in [1.54, 1.807) is 7.11 Å². The number of hydrogen-bond acceptors (Lipinski definition) is 3. The molecule has 2 unspecified atom stereocenters. The van der Waals surface area contributed by atoms with Crippen LogP contribution in [0.1, 0.15) is 38.5 Å². The van der Waals surface area contributed by atoms with Gasteiger partial charge < -0.3 is 14.5 Å². The largest absolute Gasteiger partial charge is 0.453 e. The first kappa shape index (κ1) is 14.7. The third-order valence-electron chi connectivity index (χ3n) is 2.86. The zero-order valence-electron chi connectivity index (χ0n) is 10.8. The molecule has 0 aliphatic carbocycles. The summed E-state index contributed by atoms with van der Waals surface area (Å²) < 4.78 is 11.6. The molecule has 0 aliphatic rings. The highest BCUT2D eigenvalue weighted by atomic mass is 79.9. The molecular formula is C13H22BrNO2. The molecule has 0 aliphatic heterocycles. The van der Waals surface area contributed by atoms with Crippen molar-refractivity contribution in [1.29, 1.82) is 0 Å². The topological polar surface area (TPSA) is 34.4 Å². The van der Waals surface area contributed by atoms with E-state index >= 15 is 0 Å². The van der Waals surface area contributed by atoms with E-state index in [2.05, 4.69) is 35.1 Å². The summed E-state index contributed by atoms with van der Waals surface area (Å²) in [5.41, 5.74) is 0. The summed E-state index contributed by atoms with van der Waals surface area (Å²) >= 11 is 3.35. The predicted molar refractivity (Wildman–Crippen MR) is 73.1 cm³/mol. The van der Waals surface area contributed by atoms with Gasteiger partial charge in [0.05, 0.1) is 6.04 Å². The van der Waals surface area contributed by atoms with Crippen molar-refractivity contribution in [2.24, 2.45) is 5.92 Å². The molecule has 1 aromatic rings. The van der Waals surface area contributed by atoms with E-state index in [0.29, 0.717) is 5.92 Å². The summed E-state index contributed by atoms with van der Waals surface area (Å²) in [4.78, 5) is 0. The van der Waals surface area contributed by atoms with Crippen LogP contribution in [0.4, 0.5) is 0 Å². The molecule has 0 radical (unpaired) electrons. The molecule has 4 heteroatoms. The fraction of sp³-hybridized carbons (Fsp3) is 0.692. The van der Waals surface area contributed by atoms with E-state index in [0.717, 1.165) is 36.4 Å². The van der Waals surface area contributed by atoms with Gasteiger partial charge in [-0.2, -0.15) is 0 Å². The van der Waals surface area contributed by atoms with Crippen molar-refractivity contribution < 1.29 is 9.15 Å². The summed E-state index contributed by atoms with van der Waals surface area (Å²) in [6.07, 6.45) is 2.14. The van der Waals surface area contributed by atoms with Crippen molar-refractivity contribution in [3.05, 3.63) is 22.6 Å². The number of nitrogens with one attached hydrogen (secondary N) is 1. The Hall–Kier alpha value is -0.320. The molecule has 2 atom stereocenters. The SMILES string of the molecule is CCCNC(c1ccc(Br)o1)C(C)CCOC. The van der Waals surface area contributed by atoms with Gasteiger partial charge in [0.25, 0.3) is 0 Å². The van der Waals surface area contributed by atoms with Crippen LogP contribution in [0, 0.1) is 5.92 Å². The Bertz CT molecular complexity index is 314. The Balaban J connectivity index is 2.65. The van der Waals surface area contributed by atoms with E-state index in [1.165, 1.54) is 0 Å². The van der Waals surface area contributed by atoms with Crippen LogP contribution in [0.25, 0.3) is 0 Å². The number of rotatable bonds is 8. The van der Waals surface area contributed by atoms with E-state index in [9.17, 15) is 0 Å². The van der Waals surface area contributed by atoms with Gasteiger partial charge in [-0.1, -0.05) is 13.8 Å². The zero-order valence-corrected chi connectivity index (χ0v) is 12.4. The Labute approximate surface area is 112 Å². The Morgan fingerprint density at radius 2 is 2.24 bits per heavy atom. The molecule has 1 rings (SSSR count). The van der Waals surface area contributed by atoms with Crippen molar-refractivity contribution in [3.8, 4) is 0 Å². The molecule has 0 spiro atoms. The minimum Gasteiger partial charge on any atom is -0.453 e. The van der Waals surface area contributed by atoms with E-state index in [-0.39, 0.29) is 6.04 Å². The fourth-order valence-corrected chi connectivity index (χ4v) is 2.17. The molecule has 0 bridgehead atoms. The molecule has 0 amide bonds. The molecule has 1 N–H and O–H groups in total. The van der Waals surface area contributed by atoms with Crippen LogP contribution in [0.3, 0.4) is 0 Å². The van der Waals surface area contributed by atoms with Gasteiger partial charge in [-0.15, -0.1) is 0 Å². The maximum Gasteiger partial charge on any atom is 0.169 e. The van der Waals surface area contributed by atoms with E-state index in [4.69, 9.17) is 9.15 Å². The second kappa shape index (κ2) is 7.90. The normalized spacial score (nSPS) is 14.8. The second-order valence-corrected chi connectivity index (χ2v) is 5.11. The molecular weight excluding hydrogens is 282 g/mol. The van der Waals surface area contributed by atoms with Gasteiger partial charge in [-0.25, -0.2) is 0 Å². The second-order valence-electron chi connectivity index (χ2n) is 4.33. The van der Waals surface area contributed by atoms with Gasteiger partial charge in [0.15, 0.2) is 4.67 Å². The molecule has 3 nitrogen and oxygen atoms in total. The number of ether oxygens (including phenoxy) is 1. The van der Waals surface area contributed by atoms with Crippen LogP contribution in [0.2, 0.25) is 0 Å². The quantitative estimate of drug-likeness (QED) is 0.794. The Morgan fingerprint density at radius 1 is 1.47 bits per heavy atom. The number of hydrogen-bond donors (Lipinski definition) is 1. The van der Waals surface area contributed by atoms with Gasteiger partial charge in [0, 0.05) is 13.7 Å². The van der Waals surface area contributed by atoms with Crippen LogP contribution in [0.15, 0.2) is 21.2 Å². The molecule has 17 heavy (non-hydrogen) atoms. The third-order valence-corrected chi connectivity index (χ3v) is 3.29. The maximum atomic E-state index is 5.66. The number of halogens is 1. The molecule has 98 valence electrons. The first-order chi connectivity index (χ1) is 8.19. The van der Waals surface area contributed by atoms with Gasteiger partial charge in [0.1, 0.15) is 5.76 Å². The van der Waals surface area contributed by atoms with Crippen LogP contribution >= 0.6 is 15.9 Å². The van der Waals surface area contributed by atoms with E-state index in [1.807, 2.05) is 12.1 Å². The summed E-state index contributed by atoms with van der Waals surface area (Å²) in [6.45, 7) is 6.18. The maximum absolute atomic E-state index is 5.66. The van der Waals surface area contributed by atoms with Crippen molar-refractivity contribution in [3.63, 3.8) is 0 Å². The minimum atomic E-state index is 0.261. The average Bonchev–Trinajstić information content (AvgIpc) is 2.73. The number of furan rings is 1. The first-order valence-electron chi connectivity index (χ1n) is 6.16. The first-order valence-corrected chi connectivity index (χ1v) is 6.95. The molecule has 1 heterocycles. The zero-order chi connectivity index (χ0) is 12.7. The van der Waals surface area contributed by atoms with Gasteiger partial charge >= 0.3 is 0 Å². The fourth-order valence-electron chi connectivity index (χ4n) is 1.85. The smallest absolute Gasteiger partial charge is 0.169 e. The Morgan fingerprint density at radius 3 is 2.76 bits per heavy atom. The predicted octanol–water partition coefficient (Wildman–Crippen LogP) is 3.76. The van der Waals surface area contributed by atoms with Crippen LogP contribution < -0.4 is 5.32 Å². The molecule has 0 saturated carbocycles. The highest BCUT2D eigenvalue weighted by Gasteiger charge is 2.21. The average molecular weight is 304 g/mol. The summed E-state index contributed by atoms with van der Waals surface area (Å²) in [5.74, 6) is 1.48. The molecule has 0 saturated heterocycles. The molecule has 0 aromatic carbocycles. The minimum absolute atomic E-state index is 0.261. The lowest BCUT2D eigenvalue weighted by molar-refractivity contribution is 0.166. The van der Waals surface area contributed by atoms with Crippen LogP contribution in [-0.2, 0) is 4.74 Å². The lowest BCUT2D eigenvalue weighted by atomic mass is 9.96. The number of methoxy groups -OCH3 is 1. The molecule has 0 fully saturated rings. The lowest BCUT2D eigenvalue weighted by Gasteiger charge is -2.23. The van der Waals surface area contributed by atoms with Crippen LogP contribution in [-0.4, -0.2) is 20.3 Å². The van der Waals surface area contributed by atoms with Crippen LogP contribution in [0.5, 0.6) is 0 Å². The van der Waals surface area contributed by atoms with Crippen molar-refractivity contribution in [2.45, 2.75) is 32.7 Å². The standard InChI is InChI=1S/C13H22BrNO2/c1-4-8-15-13(10(2)7-9-16-3)11-5-6-12(14)17-11/h5-6,10,13,15H,4,7-9H2,1-3H3. The summed E-state index contributed by atoms with van der Waals surface area (Å²) in [7, 11) is 1.74. The van der Waals surface area contributed by atoms with E-state index < -0.39 is 0 Å². The third kappa shape index (κ3) is 4.82. The van der Waals surface area contributed by atoms with Crippen molar-refractivity contribution >= 4 is 15.9 Å². The monoisotopic (exact) mass is 303 g/mol. The van der Waals surface area contributed by atoms with Gasteiger partial charge in [0.2, 0.25) is 0 Å². The lowest BCUT2D eigenvalue weighted by Crippen LogP contribution is -2.28. The Kier molecular flexibility index (Phi) is 6.85.